The van der Waals surface area contributed by atoms with Gasteiger partial charge in [-0.25, -0.2) is 4.79 Å². The lowest BCUT2D eigenvalue weighted by molar-refractivity contribution is -0.138. The van der Waals surface area contributed by atoms with E-state index in [1.165, 1.54) is 12.1 Å². The summed E-state index contributed by atoms with van der Waals surface area (Å²) in [6.07, 6.45) is -3.68. The number of amides is 2. The van der Waals surface area contributed by atoms with Crippen LogP contribution in [0.2, 0.25) is 0 Å². The van der Waals surface area contributed by atoms with Crippen LogP contribution in [0, 0.1) is 5.92 Å². The molecule has 1 aromatic rings. The van der Waals surface area contributed by atoms with E-state index in [2.05, 4.69) is 5.32 Å². The highest BCUT2D eigenvalue weighted by Crippen LogP contribution is 2.34. The Morgan fingerprint density at radius 2 is 1.78 bits per heavy atom. The van der Waals surface area contributed by atoms with E-state index in [-0.39, 0.29) is 48.3 Å². The Morgan fingerprint density at radius 3 is 2.31 bits per heavy atom. The molecule has 1 fully saturated rings. The summed E-state index contributed by atoms with van der Waals surface area (Å²) in [5, 5.41) is 2.60. The Hall–Kier alpha value is -2.45. The fourth-order valence-electron chi connectivity index (χ4n) is 3.49. The monoisotopic (exact) mass is 458 g/mol. The molecule has 2 amide bonds. The molecule has 0 spiro atoms. The third-order valence-corrected chi connectivity index (χ3v) is 4.97. The summed E-state index contributed by atoms with van der Waals surface area (Å²) < 4.78 is 51.1. The van der Waals surface area contributed by atoms with Crippen LogP contribution in [0.1, 0.15) is 65.0 Å². The quantitative estimate of drug-likeness (QED) is 0.641. The molecule has 0 aliphatic carbocycles. The van der Waals surface area contributed by atoms with Gasteiger partial charge in [0, 0.05) is 26.1 Å². The third kappa shape index (κ3) is 8.24. The number of rotatable bonds is 6. The average molecular weight is 459 g/mol. The maximum Gasteiger partial charge on any atom is 0.416 e. The summed E-state index contributed by atoms with van der Waals surface area (Å²) in [5.41, 5.74) is -1.40. The zero-order chi connectivity index (χ0) is 24.1. The molecule has 1 saturated heterocycles. The number of carbonyl (C=O) groups excluding carboxylic acids is 2. The summed E-state index contributed by atoms with van der Waals surface area (Å²) in [6, 6.07) is 3.77. The standard InChI is InChI=1S/C23H33F3N2O4/c1-15(2)31-18-7-6-17(19(13-18)23(24,25)26)14-27-20(29)12-16-8-10-28(11-9-16)21(30)32-22(3,4)5/h6-7,13,15-16H,8-12,14H2,1-5H3,(H,27,29). The van der Waals surface area contributed by atoms with Crippen LogP contribution in [-0.4, -0.2) is 41.7 Å². The number of carbonyl (C=O) groups is 2. The Morgan fingerprint density at radius 1 is 1.16 bits per heavy atom. The molecule has 6 nitrogen and oxygen atoms in total. The number of nitrogens with zero attached hydrogens (tertiary/aromatic N) is 1. The van der Waals surface area contributed by atoms with Crippen molar-refractivity contribution in [2.45, 2.75) is 78.3 Å². The number of ether oxygens (including phenoxy) is 2. The maximum atomic E-state index is 13.5. The molecule has 0 atom stereocenters. The minimum atomic E-state index is -4.55. The molecule has 1 aromatic carbocycles. The van der Waals surface area contributed by atoms with Crippen molar-refractivity contribution in [1.82, 2.24) is 10.2 Å². The fourth-order valence-corrected chi connectivity index (χ4v) is 3.49. The minimum absolute atomic E-state index is 0.0123. The summed E-state index contributed by atoms with van der Waals surface area (Å²) in [5.74, 6) is -0.104. The van der Waals surface area contributed by atoms with E-state index in [0.717, 1.165) is 6.07 Å². The van der Waals surface area contributed by atoms with Gasteiger partial charge in [0.25, 0.3) is 0 Å². The summed E-state index contributed by atoms with van der Waals surface area (Å²) >= 11 is 0. The lowest BCUT2D eigenvalue weighted by Gasteiger charge is -2.33. The van der Waals surface area contributed by atoms with Crippen LogP contribution in [0.5, 0.6) is 5.75 Å². The highest BCUT2D eigenvalue weighted by Gasteiger charge is 2.34. The first-order valence-electron chi connectivity index (χ1n) is 10.9. The Bertz CT molecular complexity index is 795. The zero-order valence-corrected chi connectivity index (χ0v) is 19.3. The minimum Gasteiger partial charge on any atom is -0.491 e. The first-order chi connectivity index (χ1) is 14.7. The molecule has 1 heterocycles. The van der Waals surface area contributed by atoms with E-state index in [1.807, 2.05) is 0 Å². The van der Waals surface area contributed by atoms with Gasteiger partial charge < -0.3 is 19.7 Å². The van der Waals surface area contributed by atoms with E-state index in [9.17, 15) is 22.8 Å². The number of halogens is 3. The van der Waals surface area contributed by atoms with Crippen molar-refractivity contribution in [1.29, 1.82) is 0 Å². The maximum absolute atomic E-state index is 13.5. The number of likely N-dealkylation sites (tertiary alicyclic amines) is 1. The van der Waals surface area contributed by atoms with Crippen molar-refractivity contribution in [3.8, 4) is 5.75 Å². The second-order valence-corrected chi connectivity index (χ2v) is 9.37. The normalized spacial score (nSPS) is 15.6. The van der Waals surface area contributed by atoms with Gasteiger partial charge in [0.2, 0.25) is 5.91 Å². The summed E-state index contributed by atoms with van der Waals surface area (Å²) in [6.45, 7) is 9.64. The van der Waals surface area contributed by atoms with Gasteiger partial charge >= 0.3 is 12.3 Å². The van der Waals surface area contributed by atoms with Gasteiger partial charge in [-0.3, -0.25) is 4.79 Å². The molecular weight excluding hydrogens is 425 g/mol. The van der Waals surface area contributed by atoms with Crippen molar-refractivity contribution < 1.29 is 32.2 Å². The van der Waals surface area contributed by atoms with Gasteiger partial charge in [0.1, 0.15) is 11.4 Å². The molecule has 0 unspecified atom stereocenters. The number of alkyl halides is 3. The Balaban J connectivity index is 1.88. The fraction of sp³-hybridized carbons (Fsp3) is 0.652. The number of benzene rings is 1. The van der Waals surface area contributed by atoms with Gasteiger partial charge in [-0.15, -0.1) is 0 Å². The highest BCUT2D eigenvalue weighted by molar-refractivity contribution is 5.76. The molecule has 0 aromatic heterocycles. The molecule has 9 heteroatoms. The van der Waals surface area contributed by atoms with Crippen molar-refractivity contribution in [2.24, 2.45) is 5.92 Å². The smallest absolute Gasteiger partial charge is 0.416 e. The molecule has 0 bridgehead atoms. The van der Waals surface area contributed by atoms with Gasteiger partial charge in [0.15, 0.2) is 0 Å². The molecule has 0 radical (unpaired) electrons. The Labute approximate surface area is 187 Å². The number of nitrogens with one attached hydrogen (secondary N) is 1. The third-order valence-electron chi connectivity index (χ3n) is 4.97. The van der Waals surface area contributed by atoms with E-state index < -0.39 is 17.3 Å². The molecule has 1 aliphatic rings. The van der Waals surface area contributed by atoms with Crippen LogP contribution in [-0.2, 0) is 22.3 Å². The molecule has 2 rings (SSSR count). The van der Waals surface area contributed by atoms with Crippen LogP contribution in [0.15, 0.2) is 18.2 Å². The largest absolute Gasteiger partial charge is 0.491 e. The zero-order valence-electron chi connectivity index (χ0n) is 19.3. The van der Waals surface area contributed by atoms with Crippen LogP contribution < -0.4 is 10.1 Å². The lowest BCUT2D eigenvalue weighted by Crippen LogP contribution is -2.42. The average Bonchev–Trinajstić information content (AvgIpc) is 2.65. The molecule has 32 heavy (non-hydrogen) atoms. The van der Waals surface area contributed by atoms with Crippen LogP contribution in [0.4, 0.5) is 18.0 Å². The topological polar surface area (TPSA) is 67.9 Å². The molecule has 1 aliphatic heterocycles. The Kier molecular flexibility index (Phi) is 8.42. The molecule has 0 saturated carbocycles. The second kappa shape index (κ2) is 10.4. The number of hydrogen-bond acceptors (Lipinski definition) is 4. The van der Waals surface area contributed by atoms with Crippen molar-refractivity contribution in [3.63, 3.8) is 0 Å². The van der Waals surface area contributed by atoms with Crippen LogP contribution >= 0.6 is 0 Å². The van der Waals surface area contributed by atoms with E-state index >= 15 is 0 Å². The molecule has 180 valence electrons. The second-order valence-electron chi connectivity index (χ2n) is 9.37. The van der Waals surface area contributed by atoms with Gasteiger partial charge in [-0.05, 0) is 71.1 Å². The van der Waals surface area contributed by atoms with E-state index in [1.54, 1.807) is 39.5 Å². The SMILES string of the molecule is CC(C)Oc1ccc(CNC(=O)CC2CCN(C(=O)OC(C)(C)C)CC2)c(C(F)(F)F)c1. The first-order valence-corrected chi connectivity index (χ1v) is 10.9. The molecular formula is C23H33F3N2O4. The van der Waals surface area contributed by atoms with Crippen LogP contribution in [0.3, 0.4) is 0 Å². The van der Waals surface area contributed by atoms with Gasteiger partial charge in [0.05, 0.1) is 11.7 Å². The van der Waals surface area contributed by atoms with Crippen molar-refractivity contribution in [3.05, 3.63) is 29.3 Å². The van der Waals surface area contributed by atoms with E-state index in [0.29, 0.717) is 25.9 Å². The summed E-state index contributed by atoms with van der Waals surface area (Å²) in [4.78, 5) is 26.1. The van der Waals surface area contributed by atoms with Gasteiger partial charge in [-0.1, -0.05) is 6.07 Å². The number of hydrogen-bond donors (Lipinski definition) is 1. The van der Waals surface area contributed by atoms with Crippen molar-refractivity contribution >= 4 is 12.0 Å². The predicted octanol–water partition coefficient (Wildman–Crippen LogP) is 5.15. The lowest BCUT2D eigenvalue weighted by atomic mass is 9.93. The molecule has 1 N–H and O–H groups in total. The summed E-state index contributed by atoms with van der Waals surface area (Å²) in [7, 11) is 0. The predicted molar refractivity (Wildman–Crippen MR) is 114 cm³/mol. The van der Waals surface area contributed by atoms with E-state index in [4.69, 9.17) is 9.47 Å². The first kappa shape index (κ1) is 25.8. The highest BCUT2D eigenvalue weighted by atomic mass is 19.4. The van der Waals surface area contributed by atoms with Crippen LogP contribution in [0.25, 0.3) is 0 Å². The van der Waals surface area contributed by atoms with Crippen molar-refractivity contribution in [2.75, 3.05) is 13.1 Å². The van der Waals surface area contributed by atoms with Gasteiger partial charge in [-0.2, -0.15) is 13.2 Å². The number of piperidine rings is 1.